The number of rotatable bonds is 2. The maximum atomic E-state index is 11.6. The summed E-state index contributed by atoms with van der Waals surface area (Å²) < 4.78 is 10.2. The second kappa shape index (κ2) is 5.51. The van der Waals surface area contributed by atoms with Crippen molar-refractivity contribution in [3.63, 3.8) is 0 Å². The lowest BCUT2D eigenvalue weighted by Gasteiger charge is -2.30. The minimum Gasteiger partial charge on any atom is -0.442 e. The van der Waals surface area contributed by atoms with Crippen LogP contribution >= 0.6 is 0 Å². The Bertz CT molecular complexity index is 295. The first-order valence-electron chi connectivity index (χ1n) is 5.75. The van der Waals surface area contributed by atoms with Gasteiger partial charge in [-0.05, 0) is 33.6 Å². The van der Waals surface area contributed by atoms with Crippen LogP contribution in [-0.4, -0.2) is 41.2 Å². The van der Waals surface area contributed by atoms with Gasteiger partial charge in [0.05, 0.1) is 12.1 Å². The second-order valence-electron chi connectivity index (χ2n) is 5.13. The third kappa shape index (κ3) is 4.36. The van der Waals surface area contributed by atoms with Crippen LogP contribution in [0.2, 0.25) is 0 Å². The van der Waals surface area contributed by atoms with Gasteiger partial charge in [0, 0.05) is 7.11 Å². The van der Waals surface area contributed by atoms with E-state index in [1.165, 1.54) is 0 Å². The van der Waals surface area contributed by atoms with Gasteiger partial charge in [-0.15, -0.1) is 0 Å². The molecule has 1 aliphatic carbocycles. The first-order valence-corrected chi connectivity index (χ1v) is 5.75. The summed E-state index contributed by atoms with van der Waals surface area (Å²) >= 11 is 0. The fourth-order valence-electron chi connectivity index (χ4n) is 1.62. The summed E-state index contributed by atoms with van der Waals surface area (Å²) in [5, 5.41) is 10.4. The summed E-state index contributed by atoms with van der Waals surface area (Å²) in [7, 11) is 1.64. The minimum absolute atomic E-state index is 0.0679. The average Bonchev–Trinajstić information content (AvgIpc) is 2.26. The molecule has 0 saturated carbocycles. The summed E-state index contributed by atoms with van der Waals surface area (Å²) in [6.07, 6.45) is 4.40. The molecule has 0 saturated heterocycles. The van der Waals surface area contributed by atoms with Gasteiger partial charge in [-0.1, -0.05) is 12.2 Å². The molecule has 2 atom stereocenters. The second-order valence-corrected chi connectivity index (χ2v) is 5.13. The molecule has 0 unspecified atom stereocenters. The van der Waals surface area contributed by atoms with Crippen molar-refractivity contribution in [3.05, 3.63) is 12.2 Å². The number of hydrogen-bond donors (Lipinski definition) is 1. The van der Waals surface area contributed by atoms with E-state index >= 15 is 0 Å². The van der Waals surface area contributed by atoms with Gasteiger partial charge in [0.2, 0.25) is 0 Å². The minimum atomic E-state index is -0.719. The third-order valence-electron chi connectivity index (χ3n) is 2.49. The molecule has 0 spiro atoms. The van der Waals surface area contributed by atoms with Gasteiger partial charge in [-0.2, -0.15) is 5.06 Å². The van der Waals surface area contributed by atoms with E-state index in [2.05, 4.69) is 0 Å². The SMILES string of the molecule is CO[C@H]1C=C[C@H](N(O)C(=O)OC(C)(C)C)CC1. The Morgan fingerprint density at radius 1 is 1.35 bits per heavy atom. The number of hydrogen-bond acceptors (Lipinski definition) is 4. The zero-order chi connectivity index (χ0) is 13.1. The molecule has 0 aromatic carbocycles. The molecule has 5 nitrogen and oxygen atoms in total. The van der Waals surface area contributed by atoms with Crippen LogP contribution in [0.25, 0.3) is 0 Å². The smallest absolute Gasteiger partial charge is 0.434 e. The van der Waals surface area contributed by atoms with Crippen LogP contribution in [0.15, 0.2) is 12.2 Å². The highest BCUT2D eigenvalue weighted by molar-refractivity contribution is 5.67. The molecular weight excluding hydrogens is 222 g/mol. The molecule has 1 amide bonds. The lowest BCUT2D eigenvalue weighted by Crippen LogP contribution is -2.41. The summed E-state index contributed by atoms with van der Waals surface area (Å²) in [5.74, 6) is 0. The number of carbonyl (C=O) groups excluding carboxylic acids is 1. The van der Waals surface area contributed by atoms with Crippen LogP contribution in [0.4, 0.5) is 4.79 Å². The monoisotopic (exact) mass is 243 g/mol. The Balaban J connectivity index is 2.54. The van der Waals surface area contributed by atoms with E-state index < -0.39 is 11.7 Å². The maximum absolute atomic E-state index is 11.6. The first-order chi connectivity index (χ1) is 7.83. The molecule has 0 bridgehead atoms. The van der Waals surface area contributed by atoms with E-state index in [9.17, 15) is 10.0 Å². The Kier molecular flexibility index (Phi) is 4.54. The number of carbonyl (C=O) groups is 1. The van der Waals surface area contributed by atoms with Crippen molar-refractivity contribution >= 4 is 6.09 Å². The molecule has 5 heteroatoms. The number of nitrogens with zero attached hydrogens (tertiary/aromatic N) is 1. The molecule has 1 aliphatic rings. The Hall–Kier alpha value is -1.07. The molecule has 0 radical (unpaired) electrons. The van der Waals surface area contributed by atoms with Gasteiger partial charge >= 0.3 is 6.09 Å². The topological polar surface area (TPSA) is 59.0 Å². The maximum Gasteiger partial charge on any atom is 0.434 e. The predicted molar refractivity (Wildman–Crippen MR) is 62.8 cm³/mol. The van der Waals surface area contributed by atoms with Crippen LogP contribution in [0.3, 0.4) is 0 Å². The van der Waals surface area contributed by atoms with Crippen LogP contribution in [0, 0.1) is 0 Å². The summed E-state index contributed by atoms with van der Waals surface area (Å²) in [6.45, 7) is 5.28. The fraction of sp³-hybridized carbons (Fsp3) is 0.750. The molecule has 98 valence electrons. The van der Waals surface area contributed by atoms with Crippen molar-refractivity contribution < 1.29 is 19.5 Å². The molecule has 0 heterocycles. The average molecular weight is 243 g/mol. The lowest BCUT2D eigenvalue weighted by atomic mass is 10.0. The highest BCUT2D eigenvalue weighted by atomic mass is 16.6. The van der Waals surface area contributed by atoms with Gasteiger partial charge < -0.3 is 9.47 Å². The Morgan fingerprint density at radius 3 is 2.41 bits per heavy atom. The quantitative estimate of drug-likeness (QED) is 0.459. The van der Waals surface area contributed by atoms with Crippen molar-refractivity contribution in [1.82, 2.24) is 5.06 Å². The van der Waals surface area contributed by atoms with Crippen molar-refractivity contribution in [1.29, 1.82) is 0 Å². The van der Waals surface area contributed by atoms with Gasteiger partial charge in [0.1, 0.15) is 5.60 Å². The zero-order valence-corrected chi connectivity index (χ0v) is 10.8. The van der Waals surface area contributed by atoms with E-state index in [0.29, 0.717) is 11.5 Å². The highest BCUT2D eigenvalue weighted by Crippen LogP contribution is 2.19. The van der Waals surface area contributed by atoms with Crippen LogP contribution in [0.5, 0.6) is 0 Å². The zero-order valence-electron chi connectivity index (χ0n) is 10.8. The molecule has 0 aromatic rings. The molecule has 1 N–H and O–H groups in total. The fourth-order valence-corrected chi connectivity index (χ4v) is 1.62. The molecule has 0 aliphatic heterocycles. The van der Waals surface area contributed by atoms with Crippen LogP contribution in [0.1, 0.15) is 33.6 Å². The van der Waals surface area contributed by atoms with E-state index in [4.69, 9.17) is 9.47 Å². The van der Waals surface area contributed by atoms with Crippen molar-refractivity contribution in [3.8, 4) is 0 Å². The number of amides is 1. The summed E-state index contributed by atoms with van der Waals surface area (Å²) in [6, 6.07) is -0.337. The van der Waals surface area contributed by atoms with E-state index in [0.717, 1.165) is 6.42 Å². The largest absolute Gasteiger partial charge is 0.442 e. The molecule has 0 fully saturated rings. The Morgan fingerprint density at radius 2 is 2.00 bits per heavy atom. The lowest BCUT2D eigenvalue weighted by molar-refractivity contribution is -0.114. The molecule has 17 heavy (non-hydrogen) atoms. The van der Waals surface area contributed by atoms with E-state index in [1.54, 1.807) is 34.0 Å². The van der Waals surface area contributed by atoms with E-state index in [-0.39, 0.29) is 12.1 Å². The van der Waals surface area contributed by atoms with Gasteiger partial charge in [-0.3, -0.25) is 5.21 Å². The van der Waals surface area contributed by atoms with Crippen molar-refractivity contribution in [2.75, 3.05) is 7.11 Å². The summed E-state index contributed by atoms with van der Waals surface area (Å²) in [4.78, 5) is 11.6. The molecule has 1 rings (SSSR count). The predicted octanol–water partition coefficient (Wildman–Crippen LogP) is 2.35. The van der Waals surface area contributed by atoms with Crippen LogP contribution < -0.4 is 0 Å². The number of methoxy groups -OCH3 is 1. The van der Waals surface area contributed by atoms with Gasteiger partial charge in [0.15, 0.2) is 0 Å². The first kappa shape index (κ1) is 14.0. The third-order valence-corrected chi connectivity index (χ3v) is 2.49. The summed E-state index contributed by atoms with van der Waals surface area (Å²) in [5.41, 5.74) is -0.606. The highest BCUT2D eigenvalue weighted by Gasteiger charge is 2.28. The number of ether oxygens (including phenoxy) is 2. The standard InChI is InChI=1S/C12H21NO4/c1-12(2,3)17-11(14)13(15)9-5-7-10(16-4)8-6-9/h5,7,9-10,15H,6,8H2,1-4H3/t9-,10-/m0/s1. The van der Waals surface area contributed by atoms with Crippen molar-refractivity contribution in [2.45, 2.75) is 51.4 Å². The van der Waals surface area contributed by atoms with Gasteiger partial charge in [0.25, 0.3) is 0 Å². The normalized spacial score (nSPS) is 24.5. The number of hydroxylamine groups is 2. The molecule has 0 aromatic heterocycles. The molecular formula is C12H21NO4. The van der Waals surface area contributed by atoms with Crippen molar-refractivity contribution in [2.24, 2.45) is 0 Å². The Labute approximate surface area is 102 Å². The van der Waals surface area contributed by atoms with Gasteiger partial charge in [-0.25, -0.2) is 4.79 Å². The van der Waals surface area contributed by atoms with E-state index in [1.807, 2.05) is 6.08 Å². The van der Waals surface area contributed by atoms with Crippen LogP contribution in [-0.2, 0) is 9.47 Å².